The number of hydrogen-bond acceptors (Lipinski definition) is 7. The average molecular weight is 338 g/mol. The van der Waals surface area contributed by atoms with Crippen LogP contribution in [0.5, 0.6) is 0 Å². The molecular formula is C13H14N4O5S. The highest BCUT2D eigenvalue weighted by Gasteiger charge is 2.39. The van der Waals surface area contributed by atoms with E-state index in [2.05, 4.69) is 10.1 Å². The molecule has 9 nitrogen and oxygen atoms in total. The fraction of sp³-hybridized carbons (Fsp3) is 0.385. The highest BCUT2D eigenvalue weighted by molar-refractivity contribution is 7.89. The lowest BCUT2D eigenvalue weighted by Gasteiger charge is -2.21. The topological polar surface area (TPSA) is 119 Å². The van der Waals surface area contributed by atoms with Gasteiger partial charge in [0, 0.05) is 18.7 Å². The minimum absolute atomic E-state index is 0.00578. The van der Waals surface area contributed by atoms with Gasteiger partial charge in [-0.15, -0.1) is 0 Å². The second-order valence-corrected chi connectivity index (χ2v) is 7.10. The molecule has 23 heavy (non-hydrogen) atoms. The zero-order chi connectivity index (χ0) is 16.6. The lowest BCUT2D eigenvalue weighted by molar-refractivity contribution is -0.384. The van der Waals surface area contributed by atoms with E-state index < -0.39 is 21.0 Å². The van der Waals surface area contributed by atoms with E-state index in [9.17, 15) is 18.5 Å². The van der Waals surface area contributed by atoms with Crippen LogP contribution in [-0.4, -0.2) is 34.3 Å². The molecule has 0 radical (unpaired) electrons. The normalized spacial score (nSPS) is 19.1. The van der Waals surface area contributed by atoms with Crippen LogP contribution in [0, 0.1) is 17.0 Å². The van der Waals surface area contributed by atoms with Gasteiger partial charge in [0.05, 0.1) is 9.82 Å². The van der Waals surface area contributed by atoms with Crippen molar-refractivity contribution in [3.63, 3.8) is 0 Å². The van der Waals surface area contributed by atoms with Crippen LogP contribution in [0.25, 0.3) is 0 Å². The molecule has 1 atom stereocenters. The molecule has 1 fully saturated rings. The first-order valence-corrected chi connectivity index (χ1v) is 8.40. The van der Waals surface area contributed by atoms with Crippen molar-refractivity contribution >= 4 is 15.7 Å². The Morgan fingerprint density at radius 3 is 2.61 bits per heavy atom. The maximum Gasteiger partial charge on any atom is 0.269 e. The molecule has 1 unspecified atom stereocenters. The van der Waals surface area contributed by atoms with Crippen molar-refractivity contribution < 1.29 is 17.9 Å². The van der Waals surface area contributed by atoms with Gasteiger partial charge in [-0.2, -0.15) is 9.29 Å². The van der Waals surface area contributed by atoms with Gasteiger partial charge in [0.2, 0.25) is 15.9 Å². The van der Waals surface area contributed by atoms with Crippen LogP contribution in [0.4, 0.5) is 5.69 Å². The van der Waals surface area contributed by atoms with Crippen LogP contribution in [0.2, 0.25) is 0 Å². The van der Waals surface area contributed by atoms with E-state index in [-0.39, 0.29) is 16.5 Å². The van der Waals surface area contributed by atoms with Gasteiger partial charge >= 0.3 is 0 Å². The minimum atomic E-state index is -3.79. The number of aromatic nitrogens is 2. The summed E-state index contributed by atoms with van der Waals surface area (Å²) < 4.78 is 32.0. The van der Waals surface area contributed by atoms with E-state index in [1.807, 2.05) is 0 Å². The molecule has 0 N–H and O–H groups in total. The summed E-state index contributed by atoms with van der Waals surface area (Å²) in [6.45, 7) is 2.00. The molecule has 1 aromatic heterocycles. The Hall–Kier alpha value is -2.33. The molecule has 10 heteroatoms. The number of non-ortho nitro benzene ring substituents is 1. The summed E-state index contributed by atoms with van der Waals surface area (Å²) in [4.78, 5) is 14.2. The lowest BCUT2D eigenvalue weighted by Crippen LogP contribution is -2.30. The van der Waals surface area contributed by atoms with Gasteiger partial charge in [-0.3, -0.25) is 10.1 Å². The molecule has 0 aliphatic carbocycles. The van der Waals surface area contributed by atoms with Crippen molar-refractivity contribution in [3.05, 3.63) is 46.1 Å². The van der Waals surface area contributed by atoms with Gasteiger partial charge in [-0.1, -0.05) is 5.16 Å². The third-order valence-electron chi connectivity index (χ3n) is 3.69. The van der Waals surface area contributed by atoms with Gasteiger partial charge < -0.3 is 4.52 Å². The molecule has 122 valence electrons. The van der Waals surface area contributed by atoms with E-state index in [0.717, 1.165) is 0 Å². The van der Waals surface area contributed by atoms with Crippen molar-refractivity contribution in [2.45, 2.75) is 30.7 Å². The zero-order valence-electron chi connectivity index (χ0n) is 12.2. The molecule has 0 bridgehead atoms. The Balaban J connectivity index is 1.93. The van der Waals surface area contributed by atoms with Crippen LogP contribution in [0.1, 0.15) is 30.6 Å². The van der Waals surface area contributed by atoms with E-state index in [0.29, 0.717) is 25.2 Å². The smallest absolute Gasteiger partial charge is 0.269 e. The fourth-order valence-corrected chi connectivity index (χ4v) is 4.25. The third kappa shape index (κ3) is 2.82. The van der Waals surface area contributed by atoms with E-state index in [1.165, 1.54) is 28.6 Å². The number of nitro benzene ring substituents is 1. The number of hydrogen-bond donors (Lipinski definition) is 0. The molecule has 0 saturated carbocycles. The third-order valence-corrected chi connectivity index (χ3v) is 5.61. The molecule has 2 aromatic rings. The molecular weight excluding hydrogens is 324 g/mol. The molecule has 0 spiro atoms. The van der Waals surface area contributed by atoms with Gasteiger partial charge in [0.15, 0.2) is 5.82 Å². The SMILES string of the molecule is Cc1noc(C2CCCN2S(=O)(=O)c2ccc([N+](=O)[O-])cc2)n1. The zero-order valence-corrected chi connectivity index (χ0v) is 13.1. The standard InChI is InChI=1S/C13H14N4O5S/c1-9-14-13(22-15-9)12-3-2-8-16(12)23(20,21)11-6-4-10(5-7-11)17(18)19/h4-7,12H,2-3,8H2,1H3. The van der Waals surface area contributed by atoms with Crippen LogP contribution in [-0.2, 0) is 10.0 Å². The Morgan fingerprint density at radius 1 is 1.35 bits per heavy atom. The van der Waals surface area contributed by atoms with Crippen molar-refractivity contribution in [1.82, 2.24) is 14.4 Å². The Kier molecular flexibility index (Phi) is 3.86. The first-order valence-electron chi connectivity index (χ1n) is 6.96. The first kappa shape index (κ1) is 15.6. The van der Waals surface area contributed by atoms with Crippen LogP contribution in [0.15, 0.2) is 33.7 Å². The molecule has 1 aromatic carbocycles. The molecule has 2 heterocycles. The highest BCUT2D eigenvalue weighted by Crippen LogP contribution is 2.35. The quantitative estimate of drug-likeness (QED) is 0.616. The van der Waals surface area contributed by atoms with E-state index >= 15 is 0 Å². The van der Waals surface area contributed by atoms with Gasteiger partial charge in [-0.05, 0) is 31.9 Å². The van der Waals surface area contributed by atoms with Crippen LogP contribution < -0.4 is 0 Å². The number of sulfonamides is 1. The molecule has 1 saturated heterocycles. The van der Waals surface area contributed by atoms with Crippen molar-refractivity contribution in [2.75, 3.05) is 6.54 Å². The Labute approximate surface area is 132 Å². The summed E-state index contributed by atoms with van der Waals surface area (Å²) in [6.07, 6.45) is 1.27. The summed E-state index contributed by atoms with van der Waals surface area (Å²) in [5.41, 5.74) is -0.158. The predicted octanol–water partition coefficient (Wildman–Crippen LogP) is 1.81. The largest absolute Gasteiger partial charge is 0.338 e. The number of benzene rings is 1. The van der Waals surface area contributed by atoms with E-state index in [1.54, 1.807) is 6.92 Å². The summed E-state index contributed by atoms with van der Waals surface area (Å²) >= 11 is 0. The second kappa shape index (κ2) is 5.70. The predicted molar refractivity (Wildman–Crippen MR) is 78.0 cm³/mol. The van der Waals surface area contributed by atoms with E-state index in [4.69, 9.17) is 4.52 Å². The molecule has 1 aliphatic heterocycles. The number of rotatable bonds is 4. The fourth-order valence-electron chi connectivity index (χ4n) is 2.60. The summed E-state index contributed by atoms with van der Waals surface area (Å²) in [5.74, 6) is 0.713. The maximum atomic E-state index is 12.8. The Morgan fingerprint density at radius 2 is 2.04 bits per heavy atom. The lowest BCUT2D eigenvalue weighted by atomic mass is 10.2. The highest BCUT2D eigenvalue weighted by atomic mass is 32.2. The van der Waals surface area contributed by atoms with Gasteiger partial charge in [0.25, 0.3) is 5.69 Å². The molecule has 0 amide bonds. The molecule has 3 rings (SSSR count). The maximum absolute atomic E-state index is 12.8. The van der Waals surface area contributed by atoms with Crippen molar-refractivity contribution in [3.8, 4) is 0 Å². The van der Waals surface area contributed by atoms with Crippen LogP contribution in [0.3, 0.4) is 0 Å². The number of nitro groups is 1. The van der Waals surface area contributed by atoms with Gasteiger partial charge in [0.1, 0.15) is 6.04 Å². The first-order chi connectivity index (χ1) is 10.9. The van der Waals surface area contributed by atoms with Gasteiger partial charge in [-0.25, -0.2) is 8.42 Å². The second-order valence-electron chi connectivity index (χ2n) is 5.20. The minimum Gasteiger partial charge on any atom is -0.338 e. The van der Waals surface area contributed by atoms with Crippen LogP contribution >= 0.6 is 0 Å². The monoisotopic (exact) mass is 338 g/mol. The number of aryl methyl sites for hydroxylation is 1. The average Bonchev–Trinajstić information content (AvgIpc) is 3.16. The molecule has 1 aliphatic rings. The van der Waals surface area contributed by atoms with Crippen molar-refractivity contribution in [1.29, 1.82) is 0 Å². The summed E-state index contributed by atoms with van der Waals surface area (Å²) in [6, 6.07) is 4.32. The summed E-state index contributed by atoms with van der Waals surface area (Å²) in [5, 5.41) is 14.4. The summed E-state index contributed by atoms with van der Waals surface area (Å²) in [7, 11) is -3.79. The Bertz CT molecular complexity index is 830. The number of nitrogens with zero attached hydrogens (tertiary/aromatic N) is 4. The van der Waals surface area contributed by atoms with Crippen molar-refractivity contribution in [2.24, 2.45) is 0 Å².